The van der Waals surface area contributed by atoms with Crippen LogP contribution >= 0.6 is 0 Å². The molecule has 3 atom stereocenters. The quantitative estimate of drug-likeness (QED) is 0.456. The number of ether oxygens (including phenoxy) is 1. The smallest absolute Gasteiger partial charge is 0.245 e. The SMILES string of the molecule is C=CC(=O)N1CCC2(CC1)CC(N1N=C(c3ccc(Oc4ccccc4)cc3)C3C(N)=NC=NC31)c1ccccc12. The van der Waals surface area contributed by atoms with E-state index >= 15 is 0 Å². The minimum absolute atomic E-state index is 0.00537. The van der Waals surface area contributed by atoms with Gasteiger partial charge in [0.15, 0.2) is 6.17 Å². The molecule has 7 rings (SSSR count). The van der Waals surface area contributed by atoms with Gasteiger partial charge in [0, 0.05) is 18.5 Å². The largest absolute Gasteiger partial charge is 0.457 e. The molecule has 8 nitrogen and oxygen atoms in total. The standard InChI is InChI=1S/C33H32N6O2/c1-2-28(40)38-18-16-33(17-19-38)20-27(25-10-6-7-11-26(25)33)39-32-29(31(34)35-21-36-32)30(37-39)22-12-14-24(15-13-22)41-23-8-4-3-5-9-23/h2-15,21,27,29,32H,1,16-20H2,(H2,34,35,36). The lowest BCUT2D eigenvalue weighted by Crippen LogP contribution is -2.45. The number of para-hydroxylation sites is 1. The van der Waals surface area contributed by atoms with Gasteiger partial charge < -0.3 is 15.4 Å². The number of nitrogens with two attached hydrogens (primary N) is 1. The molecule has 3 unspecified atom stereocenters. The van der Waals surface area contributed by atoms with E-state index in [9.17, 15) is 4.79 Å². The van der Waals surface area contributed by atoms with Gasteiger partial charge in [-0.2, -0.15) is 5.10 Å². The van der Waals surface area contributed by atoms with Gasteiger partial charge in [-0.25, -0.2) is 9.98 Å². The second kappa shape index (κ2) is 10.0. The molecule has 3 aliphatic heterocycles. The summed E-state index contributed by atoms with van der Waals surface area (Å²) in [5.74, 6) is 1.83. The number of amidine groups is 1. The number of hydrogen-bond acceptors (Lipinski definition) is 7. The van der Waals surface area contributed by atoms with Gasteiger partial charge in [0.2, 0.25) is 5.91 Å². The Morgan fingerprint density at radius 2 is 1.68 bits per heavy atom. The summed E-state index contributed by atoms with van der Waals surface area (Å²) in [5.41, 5.74) is 11.0. The summed E-state index contributed by atoms with van der Waals surface area (Å²) >= 11 is 0. The molecule has 3 aromatic carbocycles. The zero-order chi connectivity index (χ0) is 28.0. The first-order valence-electron chi connectivity index (χ1n) is 14.1. The minimum Gasteiger partial charge on any atom is -0.457 e. The fourth-order valence-electron chi connectivity index (χ4n) is 6.90. The van der Waals surface area contributed by atoms with E-state index in [1.165, 1.54) is 17.2 Å². The Morgan fingerprint density at radius 3 is 2.44 bits per heavy atom. The molecule has 41 heavy (non-hydrogen) atoms. The Balaban J connectivity index is 1.20. The Hall–Kier alpha value is -4.72. The number of carbonyl (C=O) groups excluding carboxylic acids is 1. The van der Waals surface area contributed by atoms with Crippen LogP contribution in [0.2, 0.25) is 0 Å². The van der Waals surface area contributed by atoms with E-state index in [0.717, 1.165) is 55.1 Å². The van der Waals surface area contributed by atoms with E-state index in [4.69, 9.17) is 20.6 Å². The van der Waals surface area contributed by atoms with E-state index in [1.807, 2.05) is 59.5 Å². The molecule has 0 aromatic heterocycles. The summed E-state index contributed by atoms with van der Waals surface area (Å²) in [5, 5.41) is 7.39. The molecule has 0 bridgehead atoms. The zero-order valence-electron chi connectivity index (χ0n) is 22.8. The van der Waals surface area contributed by atoms with Gasteiger partial charge in [0.25, 0.3) is 0 Å². The predicted octanol–water partition coefficient (Wildman–Crippen LogP) is 5.03. The molecule has 4 aliphatic rings. The van der Waals surface area contributed by atoms with Gasteiger partial charge in [-0.1, -0.05) is 49.0 Å². The number of amides is 1. The Morgan fingerprint density at radius 1 is 0.976 bits per heavy atom. The average Bonchev–Trinajstić information content (AvgIpc) is 3.55. The molecule has 1 fully saturated rings. The number of hydrogen-bond donors (Lipinski definition) is 1. The molecule has 2 N–H and O–H groups in total. The number of nitrogens with zero attached hydrogens (tertiary/aromatic N) is 5. The van der Waals surface area contributed by atoms with Gasteiger partial charge in [-0.05, 0) is 78.4 Å². The van der Waals surface area contributed by atoms with Gasteiger partial charge in [-0.15, -0.1) is 0 Å². The van der Waals surface area contributed by atoms with Crippen molar-refractivity contribution in [2.45, 2.75) is 36.9 Å². The van der Waals surface area contributed by atoms with Crippen LogP contribution < -0.4 is 10.5 Å². The van der Waals surface area contributed by atoms with Gasteiger partial charge >= 0.3 is 0 Å². The molecule has 206 valence electrons. The Bertz CT molecular complexity index is 1570. The summed E-state index contributed by atoms with van der Waals surface area (Å²) in [6.07, 6.45) is 5.45. The maximum Gasteiger partial charge on any atom is 0.245 e. The van der Waals surface area contributed by atoms with E-state index in [0.29, 0.717) is 5.84 Å². The summed E-state index contributed by atoms with van der Waals surface area (Å²) in [7, 11) is 0. The molecule has 8 heteroatoms. The second-order valence-corrected chi connectivity index (χ2v) is 11.1. The molecule has 1 saturated heterocycles. The van der Waals surface area contributed by atoms with Crippen molar-refractivity contribution in [1.82, 2.24) is 9.91 Å². The van der Waals surface area contributed by atoms with Crippen molar-refractivity contribution in [3.63, 3.8) is 0 Å². The second-order valence-electron chi connectivity index (χ2n) is 11.1. The number of likely N-dealkylation sites (tertiary alicyclic amines) is 1. The van der Waals surface area contributed by atoms with Crippen LogP contribution in [0, 0.1) is 5.92 Å². The van der Waals surface area contributed by atoms with Gasteiger partial charge in [-0.3, -0.25) is 9.80 Å². The molecular weight excluding hydrogens is 512 g/mol. The molecule has 3 heterocycles. The maximum absolute atomic E-state index is 12.3. The van der Waals surface area contributed by atoms with Crippen molar-refractivity contribution < 1.29 is 9.53 Å². The summed E-state index contributed by atoms with van der Waals surface area (Å²) in [6.45, 7) is 5.12. The van der Waals surface area contributed by atoms with Crippen LogP contribution in [0.15, 0.2) is 107 Å². The molecule has 0 saturated carbocycles. The number of hydrazone groups is 1. The van der Waals surface area contributed by atoms with Gasteiger partial charge in [0.1, 0.15) is 29.6 Å². The number of carbonyl (C=O) groups is 1. The molecule has 1 amide bonds. The Labute approximate surface area is 239 Å². The lowest BCUT2D eigenvalue weighted by atomic mass is 9.73. The van der Waals surface area contributed by atoms with Crippen molar-refractivity contribution >= 4 is 23.8 Å². The monoisotopic (exact) mass is 544 g/mol. The highest BCUT2D eigenvalue weighted by atomic mass is 16.5. The predicted molar refractivity (Wildman–Crippen MR) is 160 cm³/mol. The first-order chi connectivity index (χ1) is 20.1. The lowest BCUT2D eigenvalue weighted by molar-refractivity contribution is -0.127. The lowest BCUT2D eigenvalue weighted by Gasteiger charge is -2.40. The van der Waals surface area contributed by atoms with E-state index in [2.05, 4.69) is 40.8 Å². The van der Waals surface area contributed by atoms with Crippen molar-refractivity contribution in [2.75, 3.05) is 13.1 Å². The van der Waals surface area contributed by atoms with Crippen LogP contribution in [0.1, 0.15) is 42.0 Å². The molecule has 1 spiro atoms. The van der Waals surface area contributed by atoms with Crippen LogP contribution in [0.25, 0.3) is 0 Å². The van der Waals surface area contributed by atoms with Crippen molar-refractivity contribution in [2.24, 2.45) is 26.7 Å². The number of benzene rings is 3. The summed E-state index contributed by atoms with van der Waals surface area (Å²) in [6, 6.07) is 26.4. The van der Waals surface area contributed by atoms with Crippen molar-refractivity contribution in [3.05, 3.63) is 108 Å². The van der Waals surface area contributed by atoms with Crippen LogP contribution in [0.5, 0.6) is 11.5 Å². The third kappa shape index (κ3) is 4.30. The number of aliphatic imine (C=N–C) groups is 2. The highest BCUT2D eigenvalue weighted by Gasteiger charge is 2.52. The Kier molecular flexibility index (Phi) is 6.18. The van der Waals surface area contributed by atoms with Crippen molar-refractivity contribution in [3.8, 4) is 11.5 Å². The normalized spacial score (nSPS) is 24.0. The third-order valence-electron chi connectivity index (χ3n) is 8.96. The number of fused-ring (bicyclic) bond motifs is 3. The fraction of sp³-hybridized carbons (Fsp3) is 0.273. The van der Waals surface area contributed by atoms with Crippen LogP contribution in [-0.4, -0.2) is 53.0 Å². The summed E-state index contributed by atoms with van der Waals surface area (Å²) in [4.78, 5) is 23.4. The average molecular weight is 545 g/mol. The third-order valence-corrected chi connectivity index (χ3v) is 8.96. The highest BCUT2D eigenvalue weighted by molar-refractivity contribution is 6.17. The summed E-state index contributed by atoms with van der Waals surface area (Å²) < 4.78 is 6.01. The van der Waals surface area contributed by atoms with E-state index < -0.39 is 0 Å². The highest BCUT2D eigenvalue weighted by Crippen LogP contribution is 2.54. The maximum atomic E-state index is 12.3. The first kappa shape index (κ1) is 25.3. The minimum atomic E-state index is -0.265. The van der Waals surface area contributed by atoms with Crippen LogP contribution in [0.4, 0.5) is 0 Å². The van der Waals surface area contributed by atoms with Crippen LogP contribution in [-0.2, 0) is 10.2 Å². The number of rotatable bonds is 5. The van der Waals surface area contributed by atoms with Gasteiger partial charge in [0.05, 0.1) is 11.8 Å². The zero-order valence-corrected chi connectivity index (χ0v) is 22.8. The molecule has 0 radical (unpaired) electrons. The topological polar surface area (TPSA) is 95.9 Å². The van der Waals surface area contributed by atoms with Crippen LogP contribution in [0.3, 0.4) is 0 Å². The van der Waals surface area contributed by atoms with E-state index in [-0.39, 0.29) is 29.4 Å². The molecule has 1 aliphatic carbocycles. The fourth-order valence-corrected chi connectivity index (χ4v) is 6.90. The van der Waals surface area contributed by atoms with Crippen molar-refractivity contribution in [1.29, 1.82) is 0 Å². The first-order valence-corrected chi connectivity index (χ1v) is 14.1. The molecular formula is C33H32N6O2. The molecule has 3 aromatic rings. The number of piperidine rings is 1. The van der Waals surface area contributed by atoms with E-state index in [1.54, 1.807) is 6.34 Å².